The molecular weight excluding hydrogens is 595 g/mol. The summed E-state index contributed by atoms with van der Waals surface area (Å²) in [5.74, 6) is 0.373. The van der Waals surface area contributed by atoms with Crippen molar-refractivity contribution in [2.45, 2.75) is 24.0 Å². The van der Waals surface area contributed by atoms with E-state index < -0.39 is 17.1 Å². The summed E-state index contributed by atoms with van der Waals surface area (Å²) >= 11 is 1.37. The largest absolute Gasteiger partial charge is 0.457 e. The Labute approximate surface area is 272 Å². The Bertz CT molecular complexity index is 1820. The van der Waals surface area contributed by atoms with E-state index in [9.17, 15) is 14.4 Å². The van der Waals surface area contributed by atoms with Crippen LogP contribution in [0.15, 0.2) is 144 Å². The molecule has 0 spiro atoms. The molecule has 0 saturated carbocycles. The number of hydrogen-bond donors (Lipinski definition) is 3. The van der Waals surface area contributed by atoms with Crippen LogP contribution in [0.1, 0.15) is 28.4 Å². The first-order valence-corrected chi connectivity index (χ1v) is 15.6. The molecule has 0 fully saturated rings. The highest BCUT2D eigenvalue weighted by Gasteiger charge is 2.17. The predicted octanol–water partition coefficient (Wildman–Crippen LogP) is 8.32. The number of thioether (sulfide) groups is 1. The molecule has 1 unspecified atom stereocenters. The molecule has 3 amide bonds. The molecule has 0 aromatic heterocycles. The third-order valence-corrected chi connectivity index (χ3v) is 7.89. The van der Waals surface area contributed by atoms with E-state index in [1.165, 1.54) is 11.8 Å². The van der Waals surface area contributed by atoms with Gasteiger partial charge in [0.15, 0.2) is 0 Å². The maximum absolute atomic E-state index is 13.4. The van der Waals surface area contributed by atoms with Gasteiger partial charge in [0.1, 0.15) is 17.2 Å². The standard InChI is InChI=1S/C38H33N3O4S/c1-26-16-18-28(19-17-26)24-35(41-37(43)29-10-5-3-6-11-29)38(44)40-31-12-9-15-34(25-31)46-27(2)36(42)39-30-20-22-33(23-21-30)45-32-13-7-4-8-14-32/h3-25,27H,1-2H3,(H,39,42)(H,40,44)(H,41,43)/b35-24-. The summed E-state index contributed by atoms with van der Waals surface area (Å²) < 4.78 is 5.82. The lowest BCUT2D eigenvalue weighted by molar-refractivity contribution is -0.115. The molecule has 230 valence electrons. The number of carbonyl (C=O) groups is 3. The van der Waals surface area contributed by atoms with E-state index in [0.29, 0.717) is 22.7 Å². The van der Waals surface area contributed by atoms with E-state index in [-0.39, 0.29) is 11.6 Å². The minimum Gasteiger partial charge on any atom is -0.457 e. The van der Waals surface area contributed by atoms with Crippen molar-refractivity contribution in [3.05, 3.63) is 156 Å². The first kappa shape index (κ1) is 31.8. The number of ether oxygens (including phenoxy) is 1. The van der Waals surface area contributed by atoms with Gasteiger partial charge in [0.05, 0.1) is 5.25 Å². The van der Waals surface area contributed by atoms with E-state index in [1.807, 2.05) is 80.6 Å². The van der Waals surface area contributed by atoms with Gasteiger partial charge in [0.2, 0.25) is 5.91 Å². The minimum absolute atomic E-state index is 0.101. The lowest BCUT2D eigenvalue weighted by Gasteiger charge is -2.14. The summed E-state index contributed by atoms with van der Waals surface area (Å²) in [6.07, 6.45) is 1.64. The van der Waals surface area contributed by atoms with Gasteiger partial charge in [-0.2, -0.15) is 0 Å². The highest BCUT2D eigenvalue weighted by Crippen LogP contribution is 2.28. The molecule has 3 N–H and O–H groups in total. The van der Waals surface area contributed by atoms with Crippen molar-refractivity contribution in [3.63, 3.8) is 0 Å². The van der Waals surface area contributed by atoms with Gasteiger partial charge in [0.25, 0.3) is 11.8 Å². The molecule has 0 radical (unpaired) electrons. The molecule has 0 heterocycles. The highest BCUT2D eigenvalue weighted by molar-refractivity contribution is 8.00. The Hall–Kier alpha value is -5.60. The van der Waals surface area contributed by atoms with Crippen molar-refractivity contribution in [2.24, 2.45) is 0 Å². The fourth-order valence-electron chi connectivity index (χ4n) is 4.35. The zero-order valence-electron chi connectivity index (χ0n) is 25.4. The van der Waals surface area contributed by atoms with Gasteiger partial charge in [0, 0.05) is 21.8 Å². The third kappa shape index (κ3) is 9.20. The first-order valence-electron chi connectivity index (χ1n) is 14.7. The van der Waals surface area contributed by atoms with Crippen molar-refractivity contribution >= 4 is 46.9 Å². The maximum atomic E-state index is 13.4. The summed E-state index contributed by atoms with van der Waals surface area (Å²) in [7, 11) is 0. The molecule has 7 nitrogen and oxygen atoms in total. The summed E-state index contributed by atoms with van der Waals surface area (Å²) in [5, 5.41) is 8.17. The second-order valence-electron chi connectivity index (χ2n) is 10.5. The van der Waals surface area contributed by atoms with E-state index in [2.05, 4.69) is 16.0 Å². The van der Waals surface area contributed by atoms with Crippen molar-refractivity contribution in [2.75, 3.05) is 10.6 Å². The summed E-state index contributed by atoms with van der Waals surface area (Å²) in [6.45, 7) is 3.80. The van der Waals surface area contributed by atoms with Gasteiger partial charge < -0.3 is 20.7 Å². The monoisotopic (exact) mass is 627 g/mol. The molecular formula is C38H33N3O4S. The number of nitrogens with one attached hydrogen (secondary N) is 3. The summed E-state index contributed by atoms with van der Waals surface area (Å²) in [4.78, 5) is 40.2. The zero-order valence-corrected chi connectivity index (χ0v) is 26.2. The zero-order chi connectivity index (χ0) is 32.3. The Kier molecular flexibility index (Phi) is 10.7. The second kappa shape index (κ2) is 15.4. The molecule has 5 aromatic rings. The van der Waals surface area contributed by atoms with Crippen LogP contribution < -0.4 is 20.7 Å². The SMILES string of the molecule is Cc1ccc(/C=C(\NC(=O)c2ccccc2)C(=O)Nc2cccc(SC(C)C(=O)Nc3ccc(Oc4ccccc4)cc3)c2)cc1. The van der Waals surface area contributed by atoms with Crippen molar-refractivity contribution in [1.29, 1.82) is 0 Å². The molecule has 5 aromatic carbocycles. The molecule has 8 heteroatoms. The van der Waals surface area contributed by atoms with Crippen LogP contribution in [-0.4, -0.2) is 23.0 Å². The van der Waals surface area contributed by atoms with Crippen LogP contribution in [0.25, 0.3) is 6.08 Å². The van der Waals surface area contributed by atoms with Crippen molar-refractivity contribution < 1.29 is 19.1 Å². The Morgan fingerprint density at radius 1 is 0.696 bits per heavy atom. The fourth-order valence-corrected chi connectivity index (χ4v) is 5.28. The molecule has 46 heavy (non-hydrogen) atoms. The molecule has 0 aliphatic carbocycles. The summed E-state index contributed by atoms with van der Waals surface area (Å²) in [6, 6.07) is 40.3. The molecule has 5 rings (SSSR count). The number of carbonyl (C=O) groups excluding carboxylic acids is 3. The molecule has 0 aliphatic heterocycles. The Morgan fingerprint density at radius 3 is 2.04 bits per heavy atom. The van der Waals surface area contributed by atoms with Crippen LogP contribution in [0.4, 0.5) is 11.4 Å². The van der Waals surface area contributed by atoms with Crippen molar-refractivity contribution in [3.8, 4) is 11.5 Å². The third-order valence-electron chi connectivity index (χ3n) is 6.79. The van der Waals surface area contributed by atoms with Gasteiger partial charge in [-0.05, 0) is 92.2 Å². The maximum Gasteiger partial charge on any atom is 0.272 e. The van der Waals surface area contributed by atoms with Crippen LogP contribution in [0, 0.1) is 6.92 Å². The number of anilines is 2. The topological polar surface area (TPSA) is 96.5 Å². The first-order chi connectivity index (χ1) is 22.3. The number of benzene rings is 5. The van der Waals surface area contributed by atoms with Gasteiger partial charge in [-0.3, -0.25) is 14.4 Å². The van der Waals surface area contributed by atoms with E-state index >= 15 is 0 Å². The highest BCUT2D eigenvalue weighted by atomic mass is 32.2. The number of rotatable bonds is 11. The van der Waals surface area contributed by atoms with Gasteiger partial charge in [-0.1, -0.05) is 72.3 Å². The number of amides is 3. The molecule has 0 bridgehead atoms. The minimum atomic E-state index is -0.475. The quantitative estimate of drug-likeness (QED) is 0.101. The van der Waals surface area contributed by atoms with E-state index in [0.717, 1.165) is 21.8 Å². The Morgan fingerprint density at radius 2 is 1.35 bits per heavy atom. The van der Waals surface area contributed by atoms with E-state index in [1.54, 1.807) is 72.8 Å². The van der Waals surface area contributed by atoms with E-state index in [4.69, 9.17) is 4.74 Å². The Balaban J connectivity index is 1.22. The number of para-hydroxylation sites is 1. The van der Waals surface area contributed by atoms with Crippen LogP contribution >= 0.6 is 11.8 Å². The fraction of sp³-hybridized carbons (Fsp3) is 0.0789. The van der Waals surface area contributed by atoms with Crippen LogP contribution in [0.5, 0.6) is 11.5 Å². The number of aryl methyl sites for hydroxylation is 1. The van der Waals surface area contributed by atoms with Crippen LogP contribution in [0.3, 0.4) is 0 Å². The summed E-state index contributed by atoms with van der Waals surface area (Å²) in [5.41, 5.74) is 3.58. The van der Waals surface area contributed by atoms with Gasteiger partial charge in [-0.15, -0.1) is 11.8 Å². The second-order valence-corrected chi connectivity index (χ2v) is 11.9. The smallest absolute Gasteiger partial charge is 0.272 e. The molecule has 0 aliphatic rings. The van der Waals surface area contributed by atoms with Crippen LogP contribution in [-0.2, 0) is 9.59 Å². The van der Waals surface area contributed by atoms with Gasteiger partial charge >= 0.3 is 0 Å². The number of hydrogen-bond acceptors (Lipinski definition) is 5. The lowest BCUT2D eigenvalue weighted by Crippen LogP contribution is -2.30. The lowest BCUT2D eigenvalue weighted by atomic mass is 10.1. The molecule has 0 saturated heterocycles. The average molecular weight is 628 g/mol. The average Bonchev–Trinajstić information content (AvgIpc) is 3.07. The normalized spacial score (nSPS) is 11.7. The van der Waals surface area contributed by atoms with Gasteiger partial charge in [-0.25, -0.2) is 0 Å². The van der Waals surface area contributed by atoms with Crippen LogP contribution in [0.2, 0.25) is 0 Å². The predicted molar refractivity (Wildman–Crippen MR) is 185 cm³/mol. The molecule has 1 atom stereocenters. The van der Waals surface area contributed by atoms with Crippen molar-refractivity contribution in [1.82, 2.24) is 5.32 Å².